The summed E-state index contributed by atoms with van der Waals surface area (Å²) in [6.07, 6.45) is -0.0624. The third kappa shape index (κ3) is 5.93. The van der Waals surface area contributed by atoms with Crippen molar-refractivity contribution >= 4 is 23.1 Å². The van der Waals surface area contributed by atoms with Crippen molar-refractivity contribution < 1.29 is 28.9 Å². The number of ether oxygens (including phenoxy) is 3. The van der Waals surface area contributed by atoms with Gasteiger partial charge < -0.3 is 19.3 Å². The molecule has 1 N–H and O–H groups in total. The molecule has 1 unspecified atom stereocenters. The van der Waals surface area contributed by atoms with Gasteiger partial charge in [-0.2, -0.15) is 0 Å². The Kier molecular flexibility index (Phi) is 8.29. The highest BCUT2D eigenvalue weighted by Crippen LogP contribution is 2.43. The van der Waals surface area contributed by atoms with Crippen molar-refractivity contribution in [1.29, 1.82) is 0 Å². The lowest BCUT2D eigenvalue weighted by Gasteiger charge is -2.26. The van der Waals surface area contributed by atoms with E-state index in [2.05, 4.69) is 13.8 Å². The number of rotatable bonds is 9. The maximum absolute atomic E-state index is 13.5. The molecule has 0 saturated carbocycles. The second kappa shape index (κ2) is 11.6. The van der Waals surface area contributed by atoms with Crippen LogP contribution in [0.25, 0.3) is 5.76 Å². The largest absolute Gasteiger partial charge is 0.507 e. The zero-order chi connectivity index (χ0) is 28.3. The first-order chi connectivity index (χ1) is 18.6. The number of hydrogen-bond acceptors (Lipinski definition) is 6. The molecule has 204 valence electrons. The fourth-order valence-electron chi connectivity index (χ4n) is 4.56. The highest BCUT2D eigenvalue weighted by atomic mass is 16.5. The van der Waals surface area contributed by atoms with Crippen molar-refractivity contribution in [1.82, 2.24) is 0 Å². The topological polar surface area (TPSA) is 85.3 Å². The van der Waals surface area contributed by atoms with Crippen LogP contribution in [0.1, 0.15) is 50.4 Å². The predicted octanol–water partition coefficient (Wildman–Crippen LogP) is 6.45. The standard InChI is InChI=1S/C32H35NO6/c1-19(2)18-38-27-15-10-23(16-21(27)5)30(34)28-29(22-8-7-9-26(17-22)39-20(3)4)33(32(36)31(28)35)24-11-13-25(37-6)14-12-24/h7-17,19-20,29,34H,18H2,1-6H3/b30-28+. The first-order valence-corrected chi connectivity index (χ1v) is 13.1. The highest BCUT2D eigenvalue weighted by Gasteiger charge is 2.47. The molecule has 3 aromatic carbocycles. The summed E-state index contributed by atoms with van der Waals surface area (Å²) in [5.74, 6) is 0.551. The molecule has 1 aliphatic heterocycles. The molecule has 0 bridgehead atoms. The SMILES string of the molecule is COc1ccc(N2C(=O)C(=O)/C(=C(/O)c3ccc(OCC(C)C)c(C)c3)C2c2cccc(OC(C)C)c2)cc1. The Balaban J connectivity index is 1.85. The number of Topliss-reactive ketones (excluding diaryl/α,β-unsaturated/α-hetero) is 1. The molecule has 7 heteroatoms. The Morgan fingerprint density at radius 1 is 0.949 bits per heavy atom. The average molecular weight is 530 g/mol. The van der Waals surface area contributed by atoms with Gasteiger partial charge in [0.15, 0.2) is 0 Å². The summed E-state index contributed by atoms with van der Waals surface area (Å²) in [6.45, 7) is 10.4. The lowest BCUT2D eigenvalue weighted by Crippen LogP contribution is -2.29. The van der Waals surface area contributed by atoms with Gasteiger partial charge in [-0.3, -0.25) is 14.5 Å². The third-order valence-corrected chi connectivity index (χ3v) is 6.36. The van der Waals surface area contributed by atoms with Gasteiger partial charge >= 0.3 is 0 Å². The summed E-state index contributed by atoms with van der Waals surface area (Å²) in [5.41, 5.74) is 2.39. The van der Waals surface area contributed by atoms with Crippen molar-refractivity contribution in [3.63, 3.8) is 0 Å². The first kappa shape index (κ1) is 27.8. The molecule has 39 heavy (non-hydrogen) atoms. The van der Waals surface area contributed by atoms with Gasteiger partial charge in [-0.15, -0.1) is 0 Å². The van der Waals surface area contributed by atoms with Crippen molar-refractivity contribution in [2.24, 2.45) is 5.92 Å². The predicted molar refractivity (Wildman–Crippen MR) is 151 cm³/mol. The van der Waals surface area contributed by atoms with E-state index in [0.717, 1.165) is 5.56 Å². The second-order valence-electron chi connectivity index (χ2n) is 10.3. The molecule has 0 spiro atoms. The third-order valence-electron chi connectivity index (χ3n) is 6.36. The molecule has 3 aromatic rings. The molecular weight excluding hydrogens is 494 g/mol. The average Bonchev–Trinajstić information content (AvgIpc) is 3.17. The number of aliphatic hydroxyl groups is 1. The lowest BCUT2D eigenvalue weighted by atomic mass is 9.94. The maximum atomic E-state index is 13.5. The smallest absolute Gasteiger partial charge is 0.300 e. The van der Waals surface area contributed by atoms with Crippen molar-refractivity contribution in [3.05, 3.63) is 89.0 Å². The number of carbonyl (C=O) groups excluding carboxylic acids is 2. The molecule has 1 atom stereocenters. The quantitative estimate of drug-likeness (QED) is 0.195. The molecule has 4 rings (SSSR count). The number of benzene rings is 3. The Hall–Kier alpha value is -4.26. The number of anilines is 1. The molecule has 0 aliphatic carbocycles. The molecule has 1 aliphatic rings. The molecule has 1 amide bonds. The summed E-state index contributed by atoms with van der Waals surface area (Å²) in [7, 11) is 1.56. The normalized spacial score (nSPS) is 16.7. The van der Waals surface area contributed by atoms with Crippen LogP contribution in [-0.4, -0.2) is 36.6 Å². The van der Waals surface area contributed by atoms with E-state index in [9.17, 15) is 14.7 Å². The van der Waals surface area contributed by atoms with Gasteiger partial charge in [0.1, 0.15) is 23.0 Å². The van der Waals surface area contributed by atoms with Gasteiger partial charge in [-0.25, -0.2) is 0 Å². The highest BCUT2D eigenvalue weighted by molar-refractivity contribution is 6.51. The van der Waals surface area contributed by atoms with Gasteiger partial charge in [0.25, 0.3) is 11.7 Å². The number of amides is 1. The fraction of sp³-hybridized carbons (Fsp3) is 0.312. The number of aryl methyl sites for hydroxylation is 1. The second-order valence-corrected chi connectivity index (χ2v) is 10.3. The van der Waals surface area contributed by atoms with Crippen LogP contribution in [0, 0.1) is 12.8 Å². The van der Waals surface area contributed by atoms with Gasteiger partial charge in [-0.1, -0.05) is 26.0 Å². The van der Waals surface area contributed by atoms with E-state index in [-0.39, 0.29) is 17.4 Å². The Labute approximate surface area is 229 Å². The van der Waals surface area contributed by atoms with Gasteiger partial charge in [0.2, 0.25) is 0 Å². The molecule has 1 saturated heterocycles. The van der Waals surface area contributed by atoms with E-state index in [1.165, 1.54) is 4.90 Å². The number of carbonyl (C=O) groups is 2. The molecule has 1 fully saturated rings. The van der Waals surface area contributed by atoms with Crippen molar-refractivity contribution in [2.45, 2.75) is 46.8 Å². The minimum absolute atomic E-state index is 0.00719. The van der Waals surface area contributed by atoms with Crippen LogP contribution < -0.4 is 19.1 Å². The van der Waals surface area contributed by atoms with Crippen LogP contribution in [0.15, 0.2) is 72.3 Å². The van der Waals surface area contributed by atoms with Crippen LogP contribution in [-0.2, 0) is 9.59 Å². The number of aliphatic hydroxyl groups excluding tert-OH is 1. The van der Waals surface area contributed by atoms with Crippen LogP contribution >= 0.6 is 0 Å². The number of methoxy groups -OCH3 is 1. The summed E-state index contributed by atoms with van der Waals surface area (Å²) in [5, 5.41) is 11.5. The fourth-order valence-corrected chi connectivity index (χ4v) is 4.56. The minimum atomic E-state index is -0.869. The number of ketones is 1. The molecule has 1 heterocycles. The van der Waals surface area contributed by atoms with Gasteiger partial charge in [-0.05, 0) is 92.4 Å². The van der Waals surface area contributed by atoms with E-state index >= 15 is 0 Å². The van der Waals surface area contributed by atoms with Crippen LogP contribution in [0.5, 0.6) is 17.2 Å². The van der Waals surface area contributed by atoms with Crippen LogP contribution in [0.2, 0.25) is 0 Å². The number of hydrogen-bond donors (Lipinski definition) is 1. The van der Waals surface area contributed by atoms with Crippen molar-refractivity contribution in [2.75, 3.05) is 18.6 Å². The Morgan fingerprint density at radius 2 is 1.67 bits per heavy atom. The lowest BCUT2D eigenvalue weighted by molar-refractivity contribution is -0.132. The van der Waals surface area contributed by atoms with Crippen molar-refractivity contribution in [3.8, 4) is 17.2 Å². The van der Waals surface area contributed by atoms with E-state index in [0.29, 0.717) is 46.6 Å². The zero-order valence-corrected chi connectivity index (χ0v) is 23.2. The maximum Gasteiger partial charge on any atom is 0.300 e. The minimum Gasteiger partial charge on any atom is -0.507 e. The summed E-state index contributed by atoms with van der Waals surface area (Å²) < 4.78 is 17.0. The Bertz CT molecular complexity index is 1390. The Morgan fingerprint density at radius 3 is 2.28 bits per heavy atom. The van der Waals surface area contributed by atoms with Gasteiger partial charge in [0.05, 0.1) is 31.4 Å². The summed E-state index contributed by atoms with van der Waals surface area (Å²) in [6, 6.07) is 18.5. The molecule has 7 nitrogen and oxygen atoms in total. The summed E-state index contributed by atoms with van der Waals surface area (Å²) >= 11 is 0. The van der Waals surface area contributed by atoms with E-state index in [1.54, 1.807) is 55.6 Å². The van der Waals surface area contributed by atoms with Gasteiger partial charge in [0, 0.05) is 11.3 Å². The van der Waals surface area contributed by atoms with E-state index in [4.69, 9.17) is 14.2 Å². The van der Waals surface area contributed by atoms with Crippen LogP contribution in [0.3, 0.4) is 0 Å². The first-order valence-electron chi connectivity index (χ1n) is 13.1. The molecular formula is C32H35NO6. The van der Waals surface area contributed by atoms with Crippen LogP contribution in [0.4, 0.5) is 5.69 Å². The van der Waals surface area contributed by atoms with E-state index < -0.39 is 17.7 Å². The monoisotopic (exact) mass is 529 g/mol. The number of nitrogens with zero attached hydrogens (tertiary/aromatic N) is 1. The molecule has 0 aromatic heterocycles. The van der Waals surface area contributed by atoms with E-state index in [1.807, 2.05) is 39.0 Å². The molecule has 0 radical (unpaired) electrons. The summed E-state index contributed by atoms with van der Waals surface area (Å²) in [4.78, 5) is 28.4. The zero-order valence-electron chi connectivity index (χ0n) is 23.2.